The van der Waals surface area contributed by atoms with Gasteiger partial charge in [0.05, 0.1) is 24.8 Å². The van der Waals surface area contributed by atoms with E-state index in [1.807, 2.05) is 25.1 Å². The van der Waals surface area contributed by atoms with Crippen molar-refractivity contribution >= 4 is 11.8 Å². The SMILES string of the molecule is C=CCCOC(=O)N(Cc1ccc(F)cc1)[C@H]1CC(=NOCC)C2=C[C@H](CCCCO)[C@@H](CCCCO)[C@@H]3c4cc(OCC=C)ccc4O[C@@]1(OCC=C)[C@H]23. The van der Waals surface area contributed by atoms with Crippen LogP contribution in [0.4, 0.5) is 9.18 Å². The van der Waals surface area contributed by atoms with Crippen molar-refractivity contribution in [3.8, 4) is 11.5 Å². The van der Waals surface area contributed by atoms with Gasteiger partial charge in [-0.05, 0) is 92.3 Å². The van der Waals surface area contributed by atoms with E-state index in [4.69, 9.17) is 28.9 Å². The molecule has 0 saturated heterocycles. The lowest BCUT2D eigenvalue weighted by atomic mass is 9.55. The summed E-state index contributed by atoms with van der Waals surface area (Å²) >= 11 is 0. The van der Waals surface area contributed by atoms with E-state index in [1.165, 1.54) is 12.1 Å². The van der Waals surface area contributed by atoms with Crippen molar-refractivity contribution in [1.29, 1.82) is 0 Å². The van der Waals surface area contributed by atoms with Crippen molar-refractivity contribution in [3.05, 3.63) is 109 Å². The van der Waals surface area contributed by atoms with Crippen LogP contribution in [0.5, 0.6) is 11.5 Å². The first-order valence-electron chi connectivity index (χ1n) is 19.6. The third kappa shape index (κ3) is 9.69. The minimum atomic E-state index is -1.46. The quantitative estimate of drug-likeness (QED) is 0.0700. The van der Waals surface area contributed by atoms with Crippen LogP contribution in [0.15, 0.2) is 97.2 Å². The van der Waals surface area contributed by atoms with Crippen LogP contribution in [0.3, 0.4) is 0 Å². The van der Waals surface area contributed by atoms with Gasteiger partial charge in [-0.1, -0.05) is 61.0 Å². The fraction of sp³-hybridized carbons (Fsp3) is 0.500. The molecule has 298 valence electrons. The minimum absolute atomic E-state index is 0.0557. The Hall–Kier alpha value is -4.45. The summed E-state index contributed by atoms with van der Waals surface area (Å²) in [5.41, 5.74) is 3.24. The fourth-order valence-corrected chi connectivity index (χ4v) is 8.44. The molecule has 6 atom stereocenters. The van der Waals surface area contributed by atoms with E-state index in [1.54, 1.807) is 35.3 Å². The molecule has 11 heteroatoms. The fourth-order valence-electron chi connectivity index (χ4n) is 8.44. The van der Waals surface area contributed by atoms with Gasteiger partial charge in [0, 0.05) is 37.7 Å². The smallest absolute Gasteiger partial charge is 0.410 e. The molecule has 1 saturated carbocycles. The summed E-state index contributed by atoms with van der Waals surface area (Å²) in [6, 6.07) is 11.0. The highest BCUT2D eigenvalue weighted by atomic mass is 19.1. The molecular weight excluding hydrogens is 703 g/mol. The Morgan fingerprint density at radius 3 is 2.45 bits per heavy atom. The molecule has 2 aromatic carbocycles. The molecule has 2 aliphatic carbocycles. The van der Waals surface area contributed by atoms with Gasteiger partial charge in [0.1, 0.15) is 36.6 Å². The van der Waals surface area contributed by atoms with Crippen LogP contribution in [0.2, 0.25) is 0 Å². The van der Waals surface area contributed by atoms with Gasteiger partial charge in [0.25, 0.3) is 0 Å². The highest BCUT2D eigenvalue weighted by Gasteiger charge is 2.65. The molecule has 0 unspecified atom stereocenters. The monoisotopic (exact) mass is 760 g/mol. The van der Waals surface area contributed by atoms with Crippen LogP contribution in [-0.4, -0.2) is 78.4 Å². The number of halogens is 1. The first kappa shape index (κ1) is 41.7. The van der Waals surface area contributed by atoms with E-state index in [-0.39, 0.29) is 63.0 Å². The highest BCUT2D eigenvalue weighted by Crippen LogP contribution is 2.62. The lowest BCUT2D eigenvalue weighted by Gasteiger charge is -2.59. The second-order valence-corrected chi connectivity index (χ2v) is 14.2. The topological polar surface area (TPSA) is 119 Å². The van der Waals surface area contributed by atoms with E-state index in [2.05, 4.69) is 25.8 Å². The second kappa shape index (κ2) is 20.5. The van der Waals surface area contributed by atoms with Crippen molar-refractivity contribution in [2.45, 2.75) is 82.6 Å². The van der Waals surface area contributed by atoms with Crippen LogP contribution < -0.4 is 9.47 Å². The second-order valence-electron chi connectivity index (χ2n) is 14.2. The molecule has 1 aliphatic heterocycles. The van der Waals surface area contributed by atoms with E-state index >= 15 is 0 Å². The number of aliphatic hydroxyl groups is 2. The van der Waals surface area contributed by atoms with Gasteiger partial charge in [-0.3, -0.25) is 4.90 Å². The van der Waals surface area contributed by atoms with Gasteiger partial charge in [0.15, 0.2) is 0 Å². The largest absolute Gasteiger partial charge is 0.490 e. The summed E-state index contributed by atoms with van der Waals surface area (Å²) < 4.78 is 40.3. The van der Waals surface area contributed by atoms with Gasteiger partial charge in [0.2, 0.25) is 5.79 Å². The number of carbonyl (C=O) groups excluding carboxylic acids is 1. The molecule has 2 N–H and O–H groups in total. The lowest BCUT2D eigenvalue weighted by Crippen LogP contribution is -2.70. The van der Waals surface area contributed by atoms with Crippen molar-refractivity contribution in [3.63, 3.8) is 0 Å². The van der Waals surface area contributed by atoms with Gasteiger partial charge in [-0.15, -0.1) is 13.2 Å². The molecule has 55 heavy (non-hydrogen) atoms. The van der Waals surface area contributed by atoms with Gasteiger partial charge in [-0.25, -0.2) is 9.18 Å². The molecule has 0 radical (unpaired) electrons. The van der Waals surface area contributed by atoms with Crippen molar-refractivity contribution < 1.29 is 43.2 Å². The highest BCUT2D eigenvalue weighted by molar-refractivity contribution is 6.03. The summed E-state index contributed by atoms with van der Waals surface area (Å²) in [6.45, 7) is 14.6. The lowest BCUT2D eigenvalue weighted by molar-refractivity contribution is -0.256. The molecule has 2 aromatic rings. The molecular formula is C44H57FN2O8. The number of carbonyl (C=O) groups is 1. The average molecular weight is 761 g/mol. The summed E-state index contributed by atoms with van der Waals surface area (Å²) in [5.74, 6) is -1.13. The van der Waals surface area contributed by atoms with Crippen LogP contribution in [-0.2, 0) is 20.9 Å². The van der Waals surface area contributed by atoms with Crippen molar-refractivity contribution in [1.82, 2.24) is 4.90 Å². The van der Waals surface area contributed by atoms with E-state index in [0.717, 1.165) is 36.8 Å². The summed E-state index contributed by atoms with van der Waals surface area (Å²) in [5, 5.41) is 24.4. The Balaban J connectivity index is 1.78. The molecule has 1 heterocycles. The summed E-state index contributed by atoms with van der Waals surface area (Å²) in [6.07, 6.45) is 12.0. The van der Waals surface area contributed by atoms with Crippen LogP contribution in [0, 0.1) is 23.6 Å². The Labute approximate surface area is 324 Å². The van der Waals surface area contributed by atoms with Crippen LogP contribution in [0.25, 0.3) is 0 Å². The molecule has 1 amide bonds. The summed E-state index contributed by atoms with van der Waals surface area (Å²) in [7, 11) is 0. The zero-order valence-corrected chi connectivity index (χ0v) is 32.1. The molecule has 0 spiro atoms. The molecule has 5 rings (SSSR count). The van der Waals surface area contributed by atoms with Crippen LogP contribution in [0.1, 0.15) is 75.3 Å². The maximum atomic E-state index is 14.4. The van der Waals surface area contributed by atoms with E-state index in [0.29, 0.717) is 55.3 Å². The average Bonchev–Trinajstić information content (AvgIpc) is 3.19. The molecule has 3 aliphatic rings. The maximum absolute atomic E-state index is 14.4. The first-order chi connectivity index (χ1) is 26.8. The number of amides is 1. The number of hydrogen-bond acceptors (Lipinski definition) is 9. The number of fused-ring (bicyclic) bond motifs is 2. The Morgan fingerprint density at radius 1 is 1.02 bits per heavy atom. The minimum Gasteiger partial charge on any atom is -0.490 e. The number of hydrogen-bond donors (Lipinski definition) is 2. The third-order valence-corrected chi connectivity index (χ3v) is 10.7. The van der Waals surface area contributed by atoms with E-state index in [9.17, 15) is 19.4 Å². The van der Waals surface area contributed by atoms with Gasteiger partial charge >= 0.3 is 6.09 Å². The number of aliphatic hydroxyl groups excluding tert-OH is 2. The predicted octanol–water partition coefficient (Wildman–Crippen LogP) is 8.26. The van der Waals surface area contributed by atoms with Crippen molar-refractivity contribution in [2.24, 2.45) is 22.9 Å². The zero-order chi connectivity index (χ0) is 39.2. The number of benzene rings is 2. The van der Waals surface area contributed by atoms with Crippen molar-refractivity contribution in [2.75, 3.05) is 39.6 Å². The number of oxime groups is 1. The Bertz CT molecular complexity index is 1660. The van der Waals surface area contributed by atoms with E-state index < -0.39 is 23.8 Å². The number of unbranched alkanes of at least 4 members (excludes halogenated alkanes) is 2. The number of rotatable bonds is 22. The summed E-state index contributed by atoms with van der Waals surface area (Å²) in [4.78, 5) is 21.8. The third-order valence-electron chi connectivity index (χ3n) is 10.7. The van der Waals surface area contributed by atoms with Gasteiger partial charge in [-0.2, -0.15) is 0 Å². The Morgan fingerprint density at radius 2 is 1.76 bits per heavy atom. The van der Waals surface area contributed by atoms with Gasteiger partial charge < -0.3 is 34.0 Å². The normalized spacial score (nSPS) is 24.4. The number of allylic oxidation sites excluding steroid dienone is 1. The van der Waals surface area contributed by atoms with Crippen LogP contribution >= 0.6 is 0 Å². The molecule has 0 aromatic heterocycles. The number of nitrogens with zero attached hydrogens (tertiary/aromatic N) is 2. The Kier molecular flexibility index (Phi) is 15.5. The number of ether oxygens (including phenoxy) is 4. The predicted molar refractivity (Wildman–Crippen MR) is 210 cm³/mol. The zero-order valence-electron chi connectivity index (χ0n) is 32.1. The first-order valence-corrected chi connectivity index (χ1v) is 19.6. The molecule has 0 bridgehead atoms. The molecule has 1 fully saturated rings. The standard InChI is InChI=1S/C44H57FN2O8/c1-5-9-26-52-43(50)47(30-31-16-18-33(45)19-17-31)40-29-38(46-54-8-4)36-27-32(14-10-12-22-48)35(15-11-13-23-49)41-37-28-34(51-24-6-2)20-21-39(37)55-44(40,42(36)41)53-25-7-3/h5-7,16-21,27-28,32,35,40-42,48-49H,1-3,8-15,22-26,29-30H2,4H3/t32-,35+,40-,41+,42+,44+/m0/s1. The maximum Gasteiger partial charge on any atom is 0.410 e. The molecule has 10 nitrogen and oxygen atoms in total.